The molecule has 3 rings (SSSR count). The predicted molar refractivity (Wildman–Crippen MR) is 124 cm³/mol. The molecule has 31 heavy (non-hydrogen) atoms. The maximum Gasteiger partial charge on any atom is 0.289 e. The number of carbonyl (C=O) groups excluding carboxylic acids is 2. The number of aryl methyl sites for hydroxylation is 2. The lowest BCUT2D eigenvalue weighted by Crippen LogP contribution is -2.32. The average molecular weight is 461 g/mol. The number of hydrogen-bond acceptors (Lipinski definition) is 3. The molecule has 0 aromatic heterocycles. The second kappa shape index (κ2) is 10.7. The van der Waals surface area contributed by atoms with Gasteiger partial charge in [-0.25, -0.2) is 0 Å². The normalized spacial score (nSPS) is 13.8. The molecule has 0 spiro atoms. The van der Waals surface area contributed by atoms with Crippen LogP contribution in [-0.2, 0) is 22.4 Å². The van der Waals surface area contributed by atoms with Gasteiger partial charge in [0, 0.05) is 13.1 Å². The third kappa shape index (κ3) is 6.25. The molecular formula is C24H26Cl2N2O3. The SMILES string of the molecule is Cc1ccc(CCN2CC(C(=O)NCCCCc3ccc(Cl)c(Cl)c3)=C(O)C2=O)cc1. The lowest BCUT2D eigenvalue weighted by atomic mass is 10.1. The van der Waals surface area contributed by atoms with Crippen LogP contribution in [0.2, 0.25) is 10.0 Å². The van der Waals surface area contributed by atoms with E-state index in [1.165, 1.54) is 10.5 Å². The third-order valence-electron chi connectivity index (χ3n) is 5.35. The van der Waals surface area contributed by atoms with Crippen LogP contribution in [0.4, 0.5) is 0 Å². The molecule has 2 aromatic rings. The quantitative estimate of drug-likeness (QED) is 0.535. The summed E-state index contributed by atoms with van der Waals surface area (Å²) in [5.74, 6) is -1.33. The Hall–Kier alpha value is -2.50. The summed E-state index contributed by atoms with van der Waals surface area (Å²) in [5, 5.41) is 14.0. The number of aliphatic hydroxyl groups excluding tert-OH is 1. The zero-order valence-corrected chi connectivity index (χ0v) is 19.0. The summed E-state index contributed by atoms with van der Waals surface area (Å²) in [5.41, 5.74) is 3.51. The van der Waals surface area contributed by atoms with Crippen molar-refractivity contribution in [2.75, 3.05) is 19.6 Å². The largest absolute Gasteiger partial charge is 0.503 e. The molecule has 0 radical (unpaired) electrons. The van der Waals surface area contributed by atoms with Gasteiger partial charge in [-0.2, -0.15) is 0 Å². The van der Waals surface area contributed by atoms with Crippen LogP contribution in [0.25, 0.3) is 0 Å². The van der Waals surface area contributed by atoms with Crippen LogP contribution in [0.3, 0.4) is 0 Å². The highest BCUT2D eigenvalue weighted by molar-refractivity contribution is 6.42. The van der Waals surface area contributed by atoms with E-state index in [1.54, 1.807) is 6.07 Å². The van der Waals surface area contributed by atoms with Crippen LogP contribution in [-0.4, -0.2) is 41.5 Å². The van der Waals surface area contributed by atoms with Crippen molar-refractivity contribution >= 4 is 35.0 Å². The summed E-state index contributed by atoms with van der Waals surface area (Å²) in [7, 11) is 0. The molecule has 5 nitrogen and oxygen atoms in total. The van der Waals surface area contributed by atoms with Crippen molar-refractivity contribution in [3.05, 3.63) is 80.5 Å². The summed E-state index contributed by atoms with van der Waals surface area (Å²) in [6, 6.07) is 13.7. The Morgan fingerprint density at radius 1 is 1.03 bits per heavy atom. The van der Waals surface area contributed by atoms with Crippen molar-refractivity contribution in [3.63, 3.8) is 0 Å². The van der Waals surface area contributed by atoms with E-state index in [-0.39, 0.29) is 12.1 Å². The molecule has 0 atom stereocenters. The molecule has 2 aromatic carbocycles. The van der Waals surface area contributed by atoms with Crippen LogP contribution in [0.5, 0.6) is 0 Å². The Kier molecular flexibility index (Phi) is 7.99. The Balaban J connectivity index is 1.41. The van der Waals surface area contributed by atoms with Gasteiger partial charge in [-0.15, -0.1) is 0 Å². The number of carbonyl (C=O) groups is 2. The number of aliphatic hydroxyl groups is 1. The van der Waals surface area contributed by atoms with Crippen LogP contribution < -0.4 is 5.32 Å². The van der Waals surface area contributed by atoms with E-state index in [2.05, 4.69) is 5.32 Å². The standard InChI is InChI=1S/C24H26Cl2N2O3/c1-16-5-7-17(8-6-16)11-13-28-15-19(22(29)24(28)31)23(30)27-12-3-2-4-18-9-10-20(25)21(26)14-18/h5-10,14,29H,2-4,11-13,15H2,1H3,(H,27,30). The van der Waals surface area contributed by atoms with Crippen LogP contribution >= 0.6 is 23.2 Å². The molecule has 7 heteroatoms. The number of halogens is 2. The van der Waals surface area contributed by atoms with Crippen LogP contribution in [0.15, 0.2) is 53.8 Å². The maximum absolute atomic E-state index is 12.4. The van der Waals surface area contributed by atoms with Gasteiger partial charge in [0.25, 0.3) is 11.8 Å². The van der Waals surface area contributed by atoms with Crippen LogP contribution in [0, 0.1) is 6.92 Å². The molecule has 1 aliphatic rings. The molecule has 0 saturated heterocycles. The highest BCUT2D eigenvalue weighted by Crippen LogP contribution is 2.23. The minimum atomic E-state index is -0.489. The van der Waals surface area contributed by atoms with Gasteiger partial charge in [0.2, 0.25) is 0 Å². The monoisotopic (exact) mass is 460 g/mol. The lowest BCUT2D eigenvalue weighted by Gasteiger charge is -2.16. The van der Waals surface area contributed by atoms with Crippen molar-refractivity contribution in [3.8, 4) is 0 Å². The van der Waals surface area contributed by atoms with Gasteiger partial charge in [0.05, 0.1) is 22.2 Å². The lowest BCUT2D eigenvalue weighted by molar-refractivity contribution is -0.127. The number of nitrogens with one attached hydrogen (secondary N) is 1. The first-order valence-electron chi connectivity index (χ1n) is 10.3. The van der Waals surface area contributed by atoms with Crippen molar-refractivity contribution in [2.45, 2.75) is 32.6 Å². The summed E-state index contributed by atoms with van der Waals surface area (Å²) in [6.45, 7) is 3.07. The second-order valence-corrected chi connectivity index (χ2v) is 8.57. The fraction of sp³-hybridized carbons (Fsp3) is 0.333. The van der Waals surface area contributed by atoms with E-state index >= 15 is 0 Å². The van der Waals surface area contributed by atoms with Crippen molar-refractivity contribution in [1.29, 1.82) is 0 Å². The molecule has 0 bridgehead atoms. The second-order valence-electron chi connectivity index (χ2n) is 7.75. The number of benzene rings is 2. The van der Waals surface area contributed by atoms with E-state index in [0.29, 0.717) is 29.6 Å². The number of nitrogens with zero attached hydrogens (tertiary/aromatic N) is 1. The molecule has 0 fully saturated rings. The topological polar surface area (TPSA) is 69.6 Å². The average Bonchev–Trinajstić information content (AvgIpc) is 3.04. The van der Waals surface area contributed by atoms with Gasteiger partial charge >= 0.3 is 0 Å². The zero-order chi connectivity index (χ0) is 22.4. The van der Waals surface area contributed by atoms with E-state index in [1.807, 2.05) is 43.3 Å². The molecule has 1 aliphatic heterocycles. The Bertz CT molecular complexity index is 987. The Morgan fingerprint density at radius 2 is 1.74 bits per heavy atom. The highest BCUT2D eigenvalue weighted by atomic mass is 35.5. The molecular weight excluding hydrogens is 435 g/mol. The number of hydrogen-bond donors (Lipinski definition) is 2. The summed E-state index contributed by atoms with van der Waals surface area (Å²) in [6.07, 6.45) is 3.13. The van der Waals surface area contributed by atoms with E-state index in [0.717, 1.165) is 30.4 Å². The van der Waals surface area contributed by atoms with Crippen molar-refractivity contribution < 1.29 is 14.7 Å². The van der Waals surface area contributed by atoms with Gasteiger partial charge in [-0.3, -0.25) is 9.59 Å². The van der Waals surface area contributed by atoms with E-state index < -0.39 is 17.6 Å². The Labute approximate surface area is 192 Å². The zero-order valence-electron chi connectivity index (χ0n) is 17.5. The Morgan fingerprint density at radius 3 is 2.45 bits per heavy atom. The summed E-state index contributed by atoms with van der Waals surface area (Å²) >= 11 is 11.9. The van der Waals surface area contributed by atoms with Gasteiger partial charge in [0.15, 0.2) is 5.76 Å². The van der Waals surface area contributed by atoms with Gasteiger partial charge in [-0.1, -0.05) is 59.1 Å². The summed E-state index contributed by atoms with van der Waals surface area (Å²) in [4.78, 5) is 26.2. The van der Waals surface area contributed by atoms with Crippen molar-refractivity contribution in [2.24, 2.45) is 0 Å². The number of rotatable bonds is 9. The van der Waals surface area contributed by atoms with Crippen LogP contribution in [0.1, 0.15) is 29.5 Å². The number of unbranched alkanes of at least 4 members (excludes halogenated alkanes) is 1. The first-order valence-corrected chi connectivity index (χ1v) is 11.1. The maximum atomic E-state index is 12.4. The fourth-order valence-corrected chi connectivity index (χ4v) is 3.77. The number of amides is 2. The highest BCUT2D eigenvalue weighted by Gasteiger charge is 2.33. The van der Waals surface area contributed by atoms with Gasteiger partial charge < -0.3 is 15.3 Å². The minimum absolute atomic E-state index is 0.131. The molecule has 1 heterocycles. The summed E-state index contributed by atoms with van der Waals surface area (Å²) < 4.78 is 0. The smallest absolute Gasteiger partial charge is 0.289 e. The molecule has 0 unspecified atom stereocenters. The van der Waals surface area contributed by atoms with E-state index in [9.17, 15) is 14.7 Å². The fourth-order valence-electron chi connectivity index (χ4n) is 3.45. The molecule has 2 N–H and O–H groups in total. The molecule has 164 valence electrons. The van der Waals surface area contributed by atoms with Gasteiger partial charge in [0.1, 0.15) is 0 Å². The minimum Gasteiger partial charge on any atom is -0.503 e. The first-order chi connectivity index (χ1) is 14.8. The molecule has 0 saturated carbocycles. The third-order valence-corrected chi connectivity index (χ3v) is 6.09. The van der Waals surface area contributed by atoms with E-state index in [4.69, 9.17) is 23.2 Å². The first kappa shape index (κ1) is 23.2. The predicted octanol–water partition coefficient (Wildman–Crippen LogP) is 4.64. The van der Waals surface area contributed by atoms with Crippen molar-refractivity contribution in [1.82, 2.24) is 10.2 Å². The molecule has 2 amide bonds. The molecule has 0 aliphatic carbocycles. The van der Waals surface area contributed by atoms with Gasteiger partial charge in [-0.05, 0) is 55.9 Å².